The van der Waals surface area contributed by atoms with Crippen LogP contribution in [0.1, 0.15) is 11.6 Å². The Balaban J connectivity index is 1.35. The van der Waals surface area contributed by atoms with Crippen molar-refractivity contribution in [3.05, 3.63) is 103 Å². The van der Waals surface area contributed by atoms with Gasteiger partial charge in [0.1, 0.15) is 18.2 Å². The van der Waals surface area contributed by atoms with Crippen LogP contribution in [0, 0.1) is 5.82 Å². The zero-order chi connectivity index (χ0) is 24.9. The maximum absolute atomic E-state index is 14.5. The highest BCUT2D eigenvalue weighted by Crippen LogP contribution is 2.31. The van der Waals surface area contributed by atoms with Crippen molar-refractivity contribution >= 4 is 0 Å². The molecule has 5 aromatic rings. The molecular formula is C27H23FN6O2. The summed E-state index contributed by atoms with van der Waals surface area (Å²) < 4.78 is 27.3. The quantitative estimate of drug-likeness (QED) is 0.344. The minimum atomic E-state index is -0.463. The van der Waals surface area contributed by atoms with Crippen LogP contribution in [0.4, 0.5) is 4.39 Å². The van der Waals surface area contributed by atoms with Gasteiger partial charge in [-0.3, -0.25) is 0 Å². The van der Waals surface area contributed by atoms with Crippen LogP contribution in [0.15, 0.2) is 91.4 Å². The van der Waals surface area contributed by atoms with E-state index in [-0.39, 0.29) is 24.0 Å². The van der Waals surface area contributed by atoms with Crippen LogP contribution in [0.2, 0.25) is 0 Å². The summed E-state index contributed by atoms with van der Waals surface area (Å²) in [6, 6.07) is 21.2. The number of aromatic nitrogens is 5. The predicted molar refractivity (Wildman–Crippen MR) is 133 cm³/mol. The maximum Gasteiger partial charge on any atom is 0.215 e. The highest BCUT2D eigenvalue weighted by Gasteiger charge is 2.16. The lowest BCUT2D eigenvalue weighted by molar-refractivity contribution is 0.280. The molecule has 0 spiro atoms. The lowest BCUT2D eigenvalue weighted by atomic mass is 10.1. The zero-order valence-corrected chi connectivity index (χ0v) is 19.5. The van der Waals surface area contributed by atoms with Crippen molar-refractivity contribution in [3.8, 4) is 40.1 Å². The number of nitrogens with zero attached hydrogens (tertiary/aromatic N) is 5. The Kier molecular flexibility index (Phi) is 6.63. The van der Waals surface area contributed by atoms with Gasteiger partial charge in [0.2, 0.25) is 5.88 Å². The van der Waals surface area contributed by atoms with Gasteiger partial charge in [-0.05, 0) is 29.8 Å². The van der Waals surface area contributed by atoms with Crippen LogP contribution in [0.5, 0.6) is 11.6 Å². The molecule has 3 aromatic heterocycles. The molecule has 2 aromatic carbocycles. The third-order valence-corrected chi connectivity index (χ3v) is 5.53. The molecule has 1 atom stereocenters. The number of hydrogen-bond acceptors (Lipinski definition) is 7. The number of rotatable bonds is 8. The smallest absolute Gasteiger partial charge is 0.215 e. The number of hydrogen-bond donors (Lipinski definition) is 1. The predicted octanol–water partition coefficient (Wildman–Crippen LogP) is 4.62. The molecule has 0 aliphatic rings. The Bertz CT molecular complexity index is 1470. The van der Waals surface area contributed by atoms with Crippen molar-refractivity contribution in [2.45, 2.75) is 6.04 Å². The molecule has 0 bridgehead atoms. The second-order valence-electron chi connectivity index (χ2n) is 7.92. The molecule has 0 saturated carbocycles. The fourth-order valence-electron chi connectivity index (χ4n) is 3.70. The summed E-state index contributed by atoms with van der Waals surface area (Å²) in [5.74, 6) is 1.12. The Labute approximate surface area is 207 Å². The Morgan fingerprint density at radius 2 is 1.81 bits per heavy atom. The van der Waals surface area contributed by atoms with Crippen LogP contribution in [-0.2, 0) is 0 Å². The molecule has 3 heterocycles. The molecule has 0 fully saturated rings. The van der Waals surface area contributed by atoms with Gasteiger partial charge in [-0.15, -0.1) is 0 Å². The van der Waals surface area contributed by atoms with Gasteiger partial charge in [-0.25, -0.2) is 19.0 Å². The van der Waals surface area contributed by atoms with Gasteiger partial charge in [-0.1, -0.05) is 42.5 Å². The summed E-state index contributed by atoms with van der Waals surface area (Å²) in [5.41, 5.74) is 8.72. The molecule has 2 N–H and O–H groups in total. The monoisotopic (exact) mass is 482 g/mol. The first-order valence-corrected chi connectivity index (χ1v) is 11.2. The van der Waals surface area contributed by atoms with Gasteiger partial charge in [0, 0.05) is 24.0 Å². The Morgan fingerprint density at radius 3 is 2.64 bits per heavy atom. The third-order valence-electron chi connectivity index (χ3n) is 5.53. The average Bonchev–Trinajstić information content (AvgIpc) is 3.43. The summed E-state index contributed by atoms with van der Waals surface area (Å²) >= 11 is 0. The second kappa shape index (κ2) is 10.3. The molecule has 0 radical (unpaired) electrons. The van der Waals surface area contributed by atoms with Crippen LogP contribution in [0.3, 0.4) is 0 Å². The van der Waals surface area contributed by atoms with Gasteiger partial charge < -0.3 is 15.2 Å². The van der Waals surface area contributed by atoms with Crippen molar-refractivity contribution in [3.63, 3.8) is 0 Å². The lowest BCUT2D eigenvalue weighted by Gasteiger charge is -2.13. The first-order valence-electron chi connectivity index (χ1n) is 11.2. The van der Waals surface area contributed by atoms with Crippen molar-refractivity contribution in [2.24, 2.45) is 5.73 Å². The Morgan fingerprint density at radius 1 is 0.972 bits per heavy atom. The first kappa shape index (κ1) is 23.1. The fourth-order valence-corrected chi connectivity index (χ4v) is 3.70. The van der Waals surface area contributed by atoms with E-state index in [0.717, 1.165) is 5.56 Å². The van der Waals surface area contributed by atoms with Gasteiger partial charge in [0.05, 0.1) is 30.6 Å². The van der Waals surface area contributed by atoms with E-state index in [1.165, 1.54) is 13.2 Å². The minimum Gasteiger partial charge on any atom is -0.496 e. The molecule has 0 aliphatic heterocycles. The van der Waals surface area contributed by atoms with E-state index in [9.17, 15) is 4.39 Å². The molecule has 0 amide bonds. The second-order valence-corrected chi connectivity index (χ2v) is 7.92. The fraction of sp³-hybridized carbons (Fsp3) is 0.111. The number of benzene rings is 2. The third kappa shape index (κ3) is 4.91. The molecule has 0 unspecified atom stereocenters. The van der Waals surface area contributed by atoms with E-state index in [1.807, 2.05) is 42.5 Å². The highest BCUT2D eigenvalue weighted by molar-refractivity contribution is 5.68. The SMILES string of the molecule is COc1cccc(F)c1-c1nccc(-c2cnn(-c3cccc(OC[C@H](N)c4ccccc4)n3)c2)n1. The molecule has 0 aliphatic carbocycles. The minimum absolute atomic E-state index is 0.203. The summed E-state index contributed by atoms with van der Waals surface area (Å²) in [6.45, 7) is 0.286. The van der Waals surface area contributed by atoms with E-state index >= 15 is 0 Å². The molecular weight excluding hydrogens is 459 g/mol. The summed E-state index contributed by atoms with van der Waals surface area (Å²) in [7, 11) is 1.48. The number of pyridine rings is 1. The molecule has 36 heavy (non-hydrogen) atoms. The molecule has 8 nitrogen and oxygen atoms in total. The number of methoxy groups -OCH3 is 1. The van der Waals surface area contributed by atoms with Crippen molar-refractivity contribution in [2.75, 3.05) is 13.7 Å². The molecule has 5 rings (SSSR count). The topological polar surface area (TPSA) is 101 Å². The van der Waals surface area contributed by atoms with E-state index in [0.29, 0.717) is 28.7 Å². The van der Waals surface area contributed by atoms with E-state index in [4.69, 9.17) is 15.2 Å². The van der Waals surface area contributed by atoms with Crippen molar-refractivity contribution < 1.29 is 13.9 Å². The van der Waals surface area contributed by atoms with Crippen LogP contribution >= 0.6 is 0 Å². The normalized spacial score (nSPS) is 11.8. The summed E-state index contributed by atoms with van der Waals surface area (Å²) in [6.07, 6.45) is 5.02. The Hall–Kier alpha value is -4.63. The van der Waals surface area contributed by atoms with Crippen molar-refractivity contribution in [1.82, 2.24) is 24.7 Å². The number of nitrogens with two attached hydrogens (primary N) is 1. The van der Waals surface area contributed by atoms with Crippen LogP contribution < -0.4 is 15.2 Å². The maximum atomic E-state index is 14.5. The number of halogens is 1. The van der Waals surface area contributed by atoms with Crippen molar-refractivity contribution in [1.29, 1.82) is 0 Å². The largest absolute Gasteiger partial charge is 0.496 e. The van der Waals surface area contributed by atoms with Crippen LogP contribution in [-0.4, -0.2) is 38.4 Å². The lowest BCUT2D eigenvalue weighted by Crippen LogP contribution is -2.19. The van der Waals surface area contributed by atoms with E-state index in [1.54, 1.807) is 47.5 Å². The van der Waals surface area contributed by atoms with Gasteiger partial charge in [-0.2, -0.15) is 10.1 Å². The van der Waals surface area contributed by atoms with E-state index in [2.05, 4.69) is 20.1 Å². The molecule has 180 valence electrons. The van der Waals surface area contributed by atoms with Crippen LogP contribution in [0.25, 0.3) is 28.5 Å². The first-order chi connectivity index (χ1) is 17.6. The van der Waals surface area contributed by atoms with Gasteiger partial charge >= 0.3 is 0 Å². The standard InChI is InChI=1S/C27H23FN6O2/c1-35-23-10-5-9-20(28)26(23)27-30-14-13-22(32-27)19-15-31-34(16-19)24-11-6-12-25(33-24)36-17-21(29)18-7-3-2-4-8-18/h2-16,21H,17,29H2,1H3/t21-/m0/s1. The zero-order valence-electron chi connectivity index (χ0n) is 19.5. The number of ether oxygens (including phenoxy) is 2. The highest BCUT2D eigenvalue weighted by atomic mass is 19.1. The summed E-state index contributed by atoms with van der Waals surface area (Å²) in [4.78, 5) is 13.3. The summed E-state index contributed by atoms with van der Waals surface area (Å²) in [5, 5.41) is 4.42. The van der Waals surface area contributed by atoms with E-state index < -0.39 is 5.82 Å². The van der Waals surface area contributed by atoms with Gasteiger partial charge in [0.15, 0.2) is 11.6 Å². The molecule has 0 saturated heterocycles. The van der Waals surface area contributed by atoms with Gasteiger partial charge in [0.25, 0.3) is 0 Å². The molecule has 9 heteroatoms. The average molecular weight is 483 g/mol.